The Morgan fingerprint density at radius 3 is 1.01 bits per heavy atom. The van der Waals surface area contributed by atoms with Crippen LogP contribution in [-0.4, -0.2) is 11.4 Å². The average Bonchev–Trinajstić information content (AvgIpc) is 3.34. The molecule has 396 valence electrons. The summed E-state index contributed by atoms with van der Waals surface area (Å²) in [5.41, 5.74) is 10.2. The van der Waals surface area contributed by atoms with Gasteiger partial charge < -0.3 is 0 Å². The van der Waals surface area contributed by atoms with Crippen LogP contribution in [0.2, 0.25) is 0 Å². The summed E-state index contributed by atoms with van der Waals surface area (Å²) in [5.74, 6) is 7.33. The molecule has 0 spiro atoms. The number of rotatable bonds is 46. The minimum atomic E-state index is 0. The van der Waals surface area contributed by atoms with Crippen LogP contribution in [0.3, 0.4) is 0 Å². The third-order valence-corrected chi connectivity index (χ3v) is 14.5. The summed E-state index contributed by atoms with van der Waals surface area (Å²) < 4.78 is 0. The first kappa shape index (κ1) is 64.8. The van der Waals surface area contributed by atoms with Gasteiger partial charge >= 0.3 is 0 Å². The quantitative estimate of drug-likeness (QED) is 0.0273. The minimum absolute atomic E-state index is 0. The third kappa shape index (κ3) is 34.8. The molecule has 0 aliphatic heterocycles. The summed E-state index contributed by atoms with van der Waals surface area (Å²) in [6.45, 7) is 13.8. The fourth-order valence-corrected chi connectivity index (χ4v) is 9.94. The molecule has 0 N–H and O–H groups in total. The zero-order valence-electron chi connectivity index (χ0n) is 46.8. The van der Waals surface area contributed by atoms with Crippen molar-refractivity contribution in [2.45, 2.75) is 324 Å². The maximum Gasteiger partial charge on any atom is 0.135 e. The molecule has 0 bridgehead atoms. The topological polar surface area (TPSA) is 24.7 Å². The van der Waals surface area contributed by atoms with Crippen LogP contribution in [0.4, 0.5) is 11.4 Å². The van der Waals surface area contributed by atoms with E-state index >= 15 is 0 Å². The van der Waals surface area contributed by atoms with Crippen LogP contribution in [0.15, 0.2) is 46.4 Å². The van der Waals surface area contributed by atoms with Gasteiger partial charge in [0.25, 0.3) is 0 Å². The summed E-state index contributed by atoms with van der Waals surface area (Å²) in [7, 11) is 0. The number of unbranched alkanes of at least 4 members (excludes halogenated alkanes) is 33. The summed E-state index contributed by atoms with van der Waals surface area (Å²) in [4.78, 5) is 11.0. The molecule has 69 heavy (non-hydrogen) atoms. The largest absolute Gasteiger partial charge is 0.251 e. The molecule has 2 aromatic carbocycles. The predicted octanol–water partition coefficient (Wildman–Crippen LogP) is 22.4. The molecule has 2 rings (SSSR count). The van der Waals surface area contributed by atoms with E-state index in [1.54, 1.807) is 0 Å². The molecule has 3 heteroatoms. The van der Waals surface area contributed by atoms with Crippen LogP contribution in [0.5, 0.6) is 0 Å². The molecule has 0 aliphatic rings. The molecule has 0 atom stereocenters. The monoisotopic (exact) mass is 991 g/mol. The first-order valence-electron chi connectivity index (χ1n) is 30.5. The Morgan fingerprint density at radius 2 is 0.638 bits per heavy atom. The van der Waals surface area contributed by atoms with Gasteiger partial charge in [-0.1, -0.05) is 265 Å². The maximum absolute atomic E-state index is 5.50. The number of nitrogens with zero attached hydrogens (tertiary/aromatic N) is 2. The Kier molecular flexibility index (Phi) is 45.2. The van der Waals surface area contributed by atoms with Crippen molar-refractivity contribution in [1.82, 2.24) is 0 Å². The molecule has 0 aromatic heterocycles. The molecule has 0 fully saturated rings. The normalized spacial score (nSPS) is 11.8. The van der Waals surface area contributed by atoms with Crippen LogP contribution in [0.25, 0.3) is 0 Å². The van der Waals surface area contributed by atoms with Crippen molar-refractivity contribution >= 4 is 22.8 Å². The Balaban J connectivity index is 0.0000238. The first-order valence-corrected chi connectivity index (χ1v) is 30.5. The fraction of sp³-hybridized carbons (Fsp3) is 0.758. The summed E-state index contributed by atoms with van der Waals surface area (Å²) in [6, 6.07) is 14.2. The van der Waals surface area contributed by atoms with Gasteiger partial charge in [-0.2, -0.15) is 0 Å². The molecule has 2 nitrogen and oxygen atoms in total. The van der Waals surface area contributed by atoms with Crippen molar-refractivity contribution in [3.8, 4) is 11.8 Å². The number of aryl methyl sites for hydroxylation is 4. The van der Waals surface area contributed by atoms with Crippen LogP contribution < -0.4 is 0 Å². The summed E-state index contributed by atoms with van der Waals surface area (Å²) in [6.07, 6.45) is 57.9. The molecule has 0 saturated carbocycles. The van der Waals surface area contributed by atoms with Crippen LogP contribution in [-0.2, 0) is 42.2 Å². The Labute approximate surface area is 441 Å². The predicted molar refractivity (Wildman–Crippen MR) is 308 cm³/mol. The van der Waals surface area contributed by atoms with Gasteiger partial charge in [0.05, 0.1) is 17.1 Å². The molecule has 2 aromatic rings. The van der Waals surface area contributed by atoms with Crippen molar-refractivity contribution < 1.29 is 16.5 Å². The van der Waals surface area contributed by atoms with E-state index in [4.69, 9.17) is 9.98 Å². The second kappa shape index (κ2) is 48.1. The Hall–Kier alpha value is -2.17. The van der Waals surface area contributed by atoms with Gasteiger partial charge in [0.2, 0.25) is 0 Å². The zero-order valence-corrected chi connectivity index (χ0v) is 47.8. The van der Waals surface area contributed by atoms with E-state index in [0.717, 1.165) is 54.9 Å². The van der Waals surface area contributed by atoms with E-state index in [2.05, 4.69) is 89.8 Å². The average molecular weight is 992 g/mol. The molecule has 0 radical (unpaired) electrons. The molecular formula is C66H112N2Ni. The molecule has 0 heterocycles. The van der Waals surface area contributed by atoms with E-state index in [1.165, 1.54) is 273 Å². The second-order valence-corrected chi connectivity index (χ2v) is 21.0. The van der Waals surface area contributed by atoms with Crippen molar-refractivity contribution in [3.63, 3.8) is 0 Å². The summed E-state index contributed by atoms with van der Waals surface area (Å²) >= 11 is 0. The van der Waals surface area contributed by atoms with Gasteiger partial charge in [0.1, 0.15) is 5.71 Å². The molecule has 0 saturated heterocycles. The maximum atomic E-state index is 5.50. The van der Waals surface area contributed by atoms with E-state index in [1.807, 2.05) is 0 Å². The van der Waals surface area contributed by atoms with Crippen molar-refractivity contribution in [1.29, 1.82) is 0 Å². The molecule has 0 unspecified atom stereocenters. The van der Waals surface area contributed by atoms with Crippen molar-refractivity contribution in [3.05, 3.63) is 58.7 Å². The molecule has 0 aliphatic carbocycles. The van der Waals surface area contributed by atoms with E-state index in [0.29, 0.717) is 0 Å². The van der Waals surface area contributed by atoms with Gasteiger partial charge in [-0.3, -0.25) is 4.99 Å². The molecule has 0 amide bonds. The smallest absolute Gasteiger partial charge is 0.135 e. The first-order chi connectivity index (χ1) is 33.6. The zero-order chi connectivity index (χ0) is 48.8. The number of benzene rings is 2. The third-order valence-electron chi connectivity index (χ3n) is 14.5. The number of aliphatic imine (C=N–C) groups is 2. The van der Waals surface area contributed by atoms with Crippen LogP contribution in [0.1, 0.15) is 321 Å². The fourth-order valence-electron chi connectivity index (χ4n) is 9.94. The van der Waals surface area contributed by atoms with Gasteiger partial charge in [-0.15, -0.1) is 0 Å². The number of hydrogen-bond acceptors (Lipinski definition) is 2. The van der Waals surface area contributed by atoms with E-state index in [-0.39, 0.29) is 16.5 Å². The van der Waals surface area contributed by atoms with Crippen LogP contribution >= 0.6 is 0 Å². The van der Waals surface area contributed by atoms with Gasteiger partial charge in [-0.25, -0.2) is 4.99 Å². The van der Waals surface area contributed by atoms with Gasteiger partial charge in [-0.05, 0) is 123 Å². The minimum Gasteiger partial charge on any atom is -0.251 e. The number of hydrogen-bond donors (Lipinski definition) is 0. The van der Waals surface area contributed by atoms with Crippen molar-refractivity contribution in [2.24, 2.45) is 9.98 Å². The van der Waals surface area contributed by atoms with E-state index in [9.17, 15) is 0 Å². The SMILES string of the molecule is CCCCCCCCCCCCCCCCCCCCCCCCCC#CC(=Nc1ccc(CCCCC)c(CCCCC)c1)C(CCCCC)=Nc1ccc(CCCCC)c(CCCCC)c1.[Ni]. The second-order valence-electron chi connectivity index (χ2n) is 21.0. The summed E-state index contributed by atoms with van der Waals surface area (Å²) in [5, 5.41) is 0. The van der Waals surface area contributed by atoms with Gasteiger partial charge in [0, 0.05) is 22.9 Å². The Bertz CT molecular complexity index is 1590. The van der Waals surface area contributed by atoms with Gasteiger partial charge in [0.15, 0.2) is 0 Å². The standard InChI is InChI=1S/C66H112N2.Ni/c1-7-13-19-20-21-22-23-24-25-26-27-28-29-30-31-32-33-34-35-36-37-38-39-40-46-52-66(68-64-56-54-60(48-42-15-9-3)62(58-64)50-44-17-11-5)65(51-45-18-12-6)67-63-55-53-59(47-41-14-8-2)61(57-63)49-43-16-10-4;/h53-58H,7-45,47-51H2,1-6H3;. The van der Waals surface area contributed by atoms with E-state index < -0.39 is 0 Å². The Morgan fingerprint density at radius 1 is 0.333 bits per heavy atom. The van der Waals surface area contributed by atoms with Crippen molar-refractivity contribution in [2.75, 3.05) is 0 Å². The van der Waals surface area contributed by atoms with Crippen LogP contribution in [0, 0.1) is 11.8 Å². The molecular weight excluding hydrogens is 879 g/mol.